The topological polar surface area (TPSA) is 59.0 Å². The molecule has 24 heavy (non-hydrogen) atoms. The van der Waals surface area contributed by atoms with Gasteiger partial charge in [0.05, 0.1) is 18.1 Å². The molecule has 2 aliphatic rings. The van der Waals surface area contributed by atoms with Gasteiger partial charge in [0.25, 0.3) is 0 Å². The van der Waals surface area contributed by atoms with E-state index in [4.69, 9.17) is 9.47 Å². The minimum Gasteiger partial charge on any atom is -0.491 e. The van der Waals surface area contributed by atoms with Crippen LogP contribution in [-0.2, 0) is 9.53 Å². The summed E-state index contributed by atoms with van der Waals surface area (Å²) in [5.41, 5.74) is -0.944. The first-order valence-corrected chi connectivity index (χ1v) is 8.54. The summed E-state index contributed by atoms with van der Waals surface area (Å²) in [6, 6.07) is 5.88. The van der Waals surface area contributed by atoms with Crippen LogP contribution in [-0.4, -0.2) is 53.9 Å². The maximum Gasteiger partial charge on any atom is 0.225 e. The normalized spacial score (nSPS) is 23.2. The van der Waals surface area contributed by atoms with E-state index < -0.39 is 5.60 Å². The van der Waals surface area contributed by atoms with Crippen molar-refractivity contribution in [3.05, 3.63) is 30.1 Å². The third-order valence-corrected chi connectivity index (χ3v) is 4.86. The summed E-state index contributed by atoms with van der Waals surface area (Å²) in [6.45, 7) is 2.09. The number of aliphatic hydroxyl groups is 1. The molecular weight excluding hydrogens is 313 g/mol. The molecule has 1 N–H and O–H groups in total. The van der Waals surface area contributed by atoms with Gasteiger partial charge < -0.3 is 19.5 Å². The average molecular weight is 337 g/mol. The van der Waals surface area contributed by atoms with Gasteiger partial charge in [0.2, 0.25) is 5.91 Å². The lowest BCUT2D eigenvalue weighted by Gasteiger charge is -2.34. The minimum atomic E-state index is -0.944. The lowest BCUT2D eigenvalue weighted by Crippen LogP contribution is -2.45. The summed E-state index contributed by atoms with van der Waals surface area (Å²) in [5.74, 6) is 0.271. The number of benzene rings is 1. The Labute approximate surface area is 141 Å². The summed E-state index contributed by atoms with van der Waals surface area (Å²) in [6.07, 6.45) is 2.97. The zero-order valence-corrected chi connectivity index (χ0v) is 13.7. The molecule has 2 heterocycles. The Morgan fingerprint density at radius 2 is 2.04 bits per heavy atom. The zero-order chi connectivity index (χ0) is 17.0. The maximum atomic E-state index is 12.9. The van der Waals surface area contributed by atoms with E-state index in [1.165, 1.54) is 12.1 Å². The number of amides is 1. The Kier molecular flexibility index (Phi) is 5.36. The Balaban J connectivity index is 1.54. The third-order valence-electron chi connectivity index (χ3n) is 4.86. The summed E-state index contributed by atoms with van der Waals surface area (Å²) in [7, 11) is 0. The van der Waals surface area contributed by atoms with Crippen LogP contribution in [0.3, 0.4) is 0 Å². The molecule has 0 aliphatic carbocycles. The predicted molar refractivity (Wildman–Crippen MR) is 86.2 cm³/mol. The molecule has 0 bridgehead atoms. The molecule has 2 fully saturated rings. The van der Waals surface area contributed by atoms with Crippen LogP contribution in [0.2, 0.25) is 0 Å². The molecule has 3 rings (SSSR count). The highest BCUT2D eigenvalue weighted by Crippen LogP contribution is 2.27. The summed E-state index contributed by atoms with van der Waals surface area (Å²) in [5, 5.41) is 10.5. The Bertz CT molecular complexity index is 557. The number of likely N-dealkylation sites (tertiary alicyclic amines) is 1. The summed E-state index contributed by atoms with van der Waals surface area (Å²) >= 11 is 0. The second-order valence-corrected chi connectivity index (χ2v) is 6.66. The van der Waals surface area contributed by atoms with Gasteiger partial charge in [-0.1, -0.05) is 0 Å². The van der Waals surface area contributed by atoms with Crippen molar-refractivity contribution in [2.24, 2.45) is 0 Å². The van der Waals surface area contributed by atoms with Crippen LogP contribution in [0.15, 0.2) is 24.3 Å². The minimum absolute atomic E-state index is 0.00555. The average Bonchev–Trinajstić information content (AvgIpc) is 3.03. The molecule has 1 aromatic rings. The monoisotopic (exact) mass is 337 g/mol. The number of hydrogen-bond acceptors (Lipinski definition) is 4. The van der Waals surface area contributed by atoms with Crippen LogP contribution in [0.5, 0.6) is 5.75 Å². The van der Waals surface area contributed by atoms with Crippen LogP contribution >= 0.6 is 0 Å². The molecule has 0 radical (unpaired) electrons. The number of hydrogen-bond donors (Lipinski definition) is 1. The quantitative estimate of drug-likeness (QED) is 0.894. The smallest absolute Gasteiger partial charge is 0.225 e. The number of carbonyl (C=O) groups is 1. The SMILES string of the molecule is O=C(CC1(O)CCOCC1)N1CCC[C@H]1COc1ccc(F)cc1. The largest absolute Gasteiger partial charge is 0.491 e. The number of carbonyl (C=O) groups excluding carboxylic acids is 1. The highest BCUT2D eigenvalue weighted by Gasteiger charge is 2.37. The molecule has 132 valence electrons. The van der Waals surface area contributed by atoms with E-state index in [9.17, 15) is 14.3 Å². The van der Waals surface area contributed by atoms with Gasteiger partial charge in [0, 0.05) is 32.6 Å². The van der Waals surface area contributed by atoms with Gasteiger partial charge in [-0.15, -0.1) is 0 Å². The van der Waals surface area contributed by atoms with Crippen molar-refractivity contribution in [3.8, 4) is 5.75 Å². The van der Waals surface area contributed by atoms with Gasteiger partial charge in [-0.2, -0.15) is 0 Å². The number of rotatable bonds is 5. The Morgan fingerprint density at radius 1 is 1.33 bits per heavy atom. The maximum absolute atomic E-state index is 12.9. The van der Waals surface area contributed by atoms with Crippen LogP contribution in [0.25, 0.3) is 0 Å². The van der Waals surface area contributed by atoms with Crippen LogP contribution in [0.4, 0.5) is 4.39 Å². The second kappa shape index (κ2) is 7.49. The fraction of sp³-hybridized carbons (Fsp3) is 0.611. The molecule has 1 atom stereocenters. The van der Waals surface area contributed by atoms with E-state index in [2.05, 4.69) is 0 Å². The van der Waals surface area contributed by atoms with E-state index in [-0.39, 0.29) is 24.2 Å². The van der Waals surface area contributed by atoms with Crippen LogP contribution in [0, 0.1) is 5.82 Å². The van der Waals surface area contributed by atoms with Crippen molar-refractivity contribution in [2.75, 3.05) is 26.4 Å². The molecule has 2 aliphatic heterocycles. The van der Waals surface area contributed by atoms with Crippen LogP contribution in [0.1, 0.15) is 32.1 Å². The number of nitrogens with zero attached hydrogens (tertiary/aromatic N) is 1. The van der Waals surface area contributed by atoms with E-state index in [0.717, 1.165) is 12.8 Å². The first-order chi connectivity index (χ1) is 11.6. The molecular formula is C18H24FNO4. The highest BCUT2D eigenvalue weighted by atomic mass is 19.1. The van der Waals surface area contributed by atoms with Gasteiger partial charge in [-0.3, -0.25) is 4.79 Å². The third kappa shape index (κ3) is 4.24. The van der Waals surface area contributed by atoms with E-state index in [1.807, 2.05) is 4.90 Å². The van der Waals surface area contributed by atoms with E-state index in [0.29, 0.717) is 45.0 Å². The Morgan fingerprint density at radius 3 is 2.75 bits per heavy atom. The van der Waals surface area contributed by atoms with Gasteiger partial charge in [-0.25, -0.2) is 4.39 Å². The molecule has 0 aromatic heterocycles. The van der Waals surface area contributed by atoms with Gasteiger partial charge in [0.15, 0.2) is 0 Å². The first kappa shape index (κ1) is 17.2. The molecule has 5 nitrogen and oxygen atoms in total. The molecule has 0 spiro atoms. The van der Waals surface area contributed by atoms with Crippen molar-refractivity contribution >= 4 is 5.91 Å². The van der Waals surface area contributed by atoms with Crippen molar-refractivity contribution in [1.82, 2.24) is 4.90 Å². The molecule has 1 amide bonds. The number of halogens is 1. The van der Waals surface area contributed by atoms with Crippen molar-refractivity contribution in [3.63, 3.8) is 0 Å². The zero-order valence-electron chi connectivity index (χ0n) is 13.7. The molecule has 6 heteroatoms. The molecule has 0 unspecified atom stereocenters. The fourth-order valence-corrected chi connectivity index (χ4v) is 3.37. The van der Waals surface area contributed by atoms with Crippen LogP contribution < -0.4 is 4.74 Å². The van der Waals surface area contributed by atoms with Crippen molar-refractivity contribution < 1.29 is 23.8 Å². The van der Waals surface area contributed by atoms with Crippen molar-refractivity contribution in [1.29, 1.82) is 0 Å². The molecule has 1 aromatic carbocycles. The summed E-state index contributed by atoms with van der Waals surface area (Å²) < 4.78 is 23.9. The molecule has 0 saturated carbocycles. The lowest BCUT2D eigenvalue weighted by molar-refractivity contribution is -0.142. The van der Waals surface area contributed by atoms with Crippen molar-refractivity contribution in [2.45, 2.75) is 43.7 Å². The Hall–Kier alpha value is -1.66. The standard InChI is InChI=1S/C18H24FNO4/c19-14-3-5-16(6-4-14)24-13-15-2-1-9-20(15)17(21)12-18(22)7-10-23-11-8-18/h3-6,15,22H,1-2,7-13H2/t15-/m0/s1. The predicted octanol–water partition coefficient (Wildman–Crippen LogP) is 2.13. The first-order valence-electron chi connectivity index (χ1n) is 8.54. The van der Waals surface area contributed by atoms with E-state index in [1.54, 1.807) is 12.1 Å². The highest BCUT2D eigenvalue weighted by molar-refractivity contribution is 5.78. The fourth-order valence-electron chi connectivity index (χ4n) is 3.37. The van der Waals surface area contributed by atoms with Gasteiger partial charge >= 0.3 is 0 Å². The van der Waals surface area contributed by atoms with Gasteiger partial charge in [-0.05, 0) is 37.1 Å². The molecule has 2 saturated heterocycles. The van der Waals surface area contributed by atoms with Gasteiger partial charge in [0.1, 0.15) is 18.2 Å². The number of ether oxygens (including phenoxy) is 2. The van der Waals surface area contributed by atoms with E-state index >= 15 is 0 Å². The lowest BCUT2D eigenvalue weighted by atomic mass is 9.90. The summed E-state index contributed by atoms with van der Waals surface area (Å²) in [4.78, 5) is 14.4. The second-order valence-electron chi connectivity index (χ2n) is 6.66.